The molecule has 1 fully saturated rings. The smallest absolute Gasteiger partial charge is 0.323 e. The second-order valence-corrected chi connectivity index (χ2v) is 11.0. The van der Waals surface area contributed by atoms with Gasteiger partial charge in [-0.15, -0.1) is 0 Å². The zero-order valence-electron chi connectivity index (χ0n) is 23.8. The number of hydrogen-bond acceptors (Lipinski definition) is 6. The average molecular weight is 536 g/mol. The SMILES string of the molecule is C=C(/C=C(\OC)C(C)(C)C)NC(=O)Nc1ccc(NC(=O)c2ccc(OC[C@@H]3CCN(C(C)C)C3)cn2)cc1. The van der Waals surface area contributed by atoms with Gasteiger partial charge in [0.25, 0.3) is 5.91 Å². The van der Waals surface area contributed by atoms with Crippen molar-refractivity contribution in [2.45, 2.75) is 47.1 Å². The number of nitrogens with zero attached hydrogens (tertiary/aromatic N) is 2. The molecule has 39 heavy (non-hydrogen) atoms. The average Bonchev–Trinajstić information content (AvgIpc) is 3.36. The Morgan fingerprint density at radius 3 is 2.33 bits per heavy atom. The van der Waals surface area contributed by atoms with Crippen LogP contribution < -0.4 is 20.7 Å². The summed E-state index contributed by atoms with van der Waals surface area (Å²) in [6, 6.07) is 10.3. The molecule has 3 amide bonds. The number of carbonyl (C=O) groups excluding carboxylic acids is 2. The van der Waals surface area contributed by atoms with Crippen LogP contribution in [0.2, 0.25) is 0 Å². The highest BCUT2D eigenvalue weighted by atomic mass is 16.5. The minimum atomic E-state index is -0.436. The van der Waals surface area contributed by atoms with Crippen LogP contribution in [0.5, 0.6) is 5.75 Å². The van der Waals surface area contributed by atoms with Gasteiger partial charge in [-0.3, -0.25) is 4.79 Å². The second kappa shape index (κ2) is 13.3. The van der Waals surface area contributed by atoms with Crippen molar-refractivity contribution in [2.24, 2.45) is 11.3 Å². The van der Waals surface area contributed by atoms with Crippen LogP contribution in [-0.2, 0) is 4.74 Å². The summed E-state index contributed by atoms with van der Waals surface area (Å²) in [5, 5.41) is 8.23. The fourth-order valence-electron chi connectivity index (χ4n) is 4.20. The Morgan fingerprint density at radius 2 is 1.79 bits per heavy atom. The van der Waals surface area contributed by atoms with Crippen molar-refractivity contribution in [2.75, 3.05) is 37.4 Å². The Balaban J connectivity index is 1.46. The van der Waals surface area contributed by atoms with E-state index in [0.29, 0.717) is 47.1 Å². The Morgan fingerprint density at radius 1 is 1.13 bits per heavy atom. The summed E-state index contributed by atoms with van der Waals surface area (Å²) in [4.78, 5) is 31.7. The number of carbonyl (C=O) groups is 2. The number of allylic oxidation sites excluding steroid dienone is 2. The summed E-state index contributed by atoms with van der Waals surface area (Å²) in [6.45, 7) is 17.1. The van der Waals surface area contributed by atoms with Gasteiger partial charge < -0.3 is 30.3 Å². The third kappa shape index (κ3) is 9.14. The molecule has 2 heterocycles. The molecule has 1 aliphatic rings. The molecule has 0 bridgehead atoms. The first-order valence-electron chi connectivity index (χ1n) is 13.2. The van der Waals surface area contributed by atoms with E-state index in [-0.39, 0.29) is 17.0 Å². The fraction of sp³-hybridized carbons (Fsp3) is 0.433. The highest BCUT2D eigenvalue weighted by Gasteiger charge is 2.24. The summed E-state index contributed by atoms with van der Waals surface area (Å²) in [5.41, 5.74) is 1.61. The van der Waals surface area contributed by atoms with Gasteiger partial charge in [0.15, 0.2) is 0 Å². The van der Waals surface area contributed by atoms with E-state index in [1.165, 1.54) is 0 Å². The van der Waals surface area contributed by atoms with Crippen molar-refractivity contribution in [1.82, 2.24) is 15.2 Å². The van der Waals surface area contributed by atoms with Crippen molar-refractivity contribution >= 4 is 23.3 Å². The number of nitrogens with one attached hydrogen (secondary N) is 3. The maximum atomic E-state index is 12.6. The quantitative estimate of drug-likeness (QED) is 0.268. The molecule has 1 aliphatic heterocycles. The summed E-state index contributed by atoms with van der Waals surface area (Å²) in [6.07, 6.45) is 4.40. The summed E-state index contributed by atoms with van der Waals surface area (Å²) >= 11 is 0. The topological polar surface area (TPSA) is 105 Å². The van der Waals surface area contributed by atoms with E-state index in [0.717, 1.165) is 19.5 Å². The van der Waals surface area contributed by atoms with Crippen molar-refractivity contribution in [3.63, 3.8) is 0 Å². The summed E-state index contributed by atoms with van der Waals surface area (Å²) < 4.78 is 11.3. The number of pyridine rings is 1. The number of amides is 3. The first-order chi connectivity index (χ1) is 18.4. The van der Waals surface area contributed by atoms with E-state index in [1.54, 1.807) is 55.8 Å². The molecule has 2 aromatic rings. The Bertz CT molecular complexity index is 1170. The number of methoxy groups -OCH3 is 1. The molecule has 0 saturated carbocycles. The third-order valence-corrected chi connectivity index (χ3v) is 6.44. The maximum absolute atomic E-state index is 12.6. The van der Waals surface area contributed by atoms with Gasteiger partial charge in [0, 0.05) is 41.0 Å². The molecule has 3 N–H and O–H groups in total. The number of rotatable bonds is 10. The van der Waals surface area contributed by atoms with E-state index >= 15 is 0 Å². The minimum absolute atomic E-state index is 0.216. The van der Waals surface area contributed by atoms with Gasteiger partial charge in [-0.2, -0.15) is 0 Å². The number of urea groups is 1. The zero-order valence-corrected chi connectivity index (χ0v) is 23.8. The molecular formula is C30H41N5O4. The minimum Gasteiger partial charge on any atom is -0.500 e. The molecule has 0 aliphatic carbocycles. The lowest BCUT2D eigenvalue weighted by Crippen LogP contribution is -2.29. The van der Waals surface area contributed by atoms with Gasteiger partial charge >= 0.3 is 6.03 Å². The normalized spacial score (nSPS) is 16.1. The molecule has 3 rings (SSSR count). The van der Waals surface area contributed by atoms with Gasteiger partial charge in [-0.25, -0.2) is 9.78 Å². The highest BCUT2D eigenvalue weighted by molar-refractivity contribution is 6.03. The van der Waals surface area contributed by atoms with Crippen molar-refractivity contribution in [3.8, 4) is 5.75 Å². The number of anilines is 2. The summed E-state index contributed by atoms with van der Waals surface area (Å²) in [7, 11) is 1.59. The molecule has 0 spiro atoms. The molecule has 1 aromatic heterocycles. The van der Waals surface area contributed by atoms with Crippen molar-refractivity contribution in [1.29, 1.82) is 0 Å². The Labute approximate surface area is 231 Å². The second-order valence-electron chi connectivity index (χ2n) is 11.0. The van der Waals surface area contributed by atoms with Gasteiger partial charge in [-0.05, 0) is 69.3 Å². The predicted molar refractivity (Wildman–Crippen MR) is 155 cm³/mol. The van der Waals surface area contributed by atoms with Crippen LogP contribution in [0, 0.1) is 11.3 Å². The van der Waals surface area contributed by atoms with Crippen LogP contribution in [0.3, 0.4) is 0 Å². The first kappa shape index (κ1) is 29.7. The molecule has 1 saturated heterocycles. The monoisotopic (exact) mass is 535 g/mol. The molecule has 9 heteroatoms. The number of ether oxygens (including phenoxy) is 2. The fourth-order valence-corrected chi connectivity index (χ4v) is 4.20. The summed E-state index contributed by atoms with van der Waals surface area (Å²) in [5.74, 6) is 1.52. The lowest BCUT2D eigenvalue weighted by Gasteiger charge is -2.22. The van der Waals surface area contributed by atoms with Gasteiger partial charge in [0.2, 0.25) is 0 Å². The van der Waals surface area contributed by atoms with E-state index in [9.17, 15) is 9.59 Å². The number of likely N-dealkylation sites (tertiary alicyclic amines) is 1. The number of aromatic nitrogens is 1. The molecule has 0 radical (unpaired) electrons. The van der Waals surface area contributed by atoms with E-state index < -0.39 is 6.03 Å². The number of benzene rings is 1. The van der Waals surface area contributed by atoms with E-state index in [1.807, 2.05) is 20.8 Å². The van der Waals surface area contributed by atoms with Crippen molar-refractivity contribution < 1.29 is 19.1 Å². The predicted octanol–water partition coefficient (Wildman–Crippen LogP) is 5.65. The first-order valence-corrected chi connectivity index (χ1v) is 13.2. The van der Waals surface area contributed by atoms with E-state index in [2.05, 4.69) is 46.3 Å². The van der Waals surface area contributed by atoms with Gasteiger partial charge in [0.05, 0.1) is 19.9 Å². The van der Waals surface area contributed by atoms with E-state index in [4.69, 9.17) is 9.47 Å². The van der Waals surface area contributed by atoms with Crippen LogP contribution in [0.1, 0.15) is 51.5 Å². The third-order valence-electron chi connectivity index (χ3n) is 6.44. The van der Waals surface area contributed by atoms with Crippen LogP contribution in [0.15, 0.2) is 66.7 Å². The van der Waals surface area contributed by atoms with Crippen LogP contribution in [0.4, 0.5) is 16.2 Å². The van der Waals surface area contributed by atoms with Gasteiger partial charge in [0.1, 0.15) is 17.2 Å². The van der Waals surface area contributed by atoms with Crippen LogP contribution in [-0.4, -0.2) is 54.7 Å². The molecule has 1 atom stereocenters. The molecule has 9 nitrogen and oxygen atoms in total. The Hall–Kier alpha value is -3.85. The zero-order chi connectivity index (χ0) is 28.6. The molecule has 1 aromatic carbocycles. The highest BCUT2D eigenvalue weighted by Crippen LogP contribution is 2.26. The van der Waals surface area contributed by atoms with Crippen LogP contribution in [0.25, 0.3) is 0 Å². The number of hydrogen-bond donors (Lipinski definition) is 3. The Kier molecular flexibility index (Phi) is 10.1. The molecular weight excluding hydrogens is 494 g/mol. The lowest BCUT2D eigenvalue weighted by molar-refractivity contribution is 0.102. The standard InChI is InChI=1S/C30H41N5O4/c1-20(2)35-15-14-22(18-35)19-39-25-12-13-26(31-17-25)28(36)33-23-8-10-24(11-9-23)34-29(37)32-21(3)16-27(38-7)30(4,5)6/h8-13,16-17,20,22H,3,14-15,18-19H2,1-2,4-7H3,(H,33,36)(H2,32,34,37)/b27-16-/t22-/m1/s1. The van der Waals surface area contributed by atoms with Gasteiger partial charge in [-0.1, -0.05) is 27.4 Å². The molecule has 0 unspecified atom stereocenters. The van der Waals surface area contributed by atoms with Crippen molar-refractivity contribution in [3.05, 3.63) is 72.4 Å². The maximum Gasteiger partial charge on any atom is 0.323 e. The largest absolute Gasteiger partial charge is 0.500 e. The lowest BCUT2D eigenvalue weighted by atomic mass is 9.93. The molecule has 210 valence electrons. The van der Waals surface area contributed by atoms with Crippen LogP contribution >= 0.6 is 0 Å².